The summed E-state index contributed by atoms with van der Waals surface area (Å²) in [5.74, 6) is 3.40. The number of nitrogens with zero attached hydrogens (tertiary/aromatic N) is 2. The fraction of sp³-hybridized carbons (Fsp3) is 0.778. The molecule has 2 N–H and O–H groups in total. The van der Waals surface area contributed by atoms with Crippen LogP contribution in [0.1, 0.15) is 32.0 Å². The molecule has 0 aliphatic heterocycles. The second-order valence-electron chi connectivity index (χ2n) is 3.26. The van der Waals surface area contributed by atoms with Gasteiger partial charge < -0.3 is 10.3 Å². The topological polar surface area (TPSA) is 64.9 Å². The Balaban J connectivity index is 2.35. The lowest BCUT2D eigenvalue weighted by molar-refractivity contribution is 0.368. The van der Waals surface area contributed by atoms with E-state index in [4.69, 9.17) is 10.3 Å². The molecule has 0 spiro atoms. The van der Waals surface area contributed by atoms with Crippen LogP contribution in [0.4, 0.5) is 0 Å². The molecule has 4 nitrogen and oxygen atoms in total. The monoisotopic (exact) mass is 215 g/mol. The average molecular weight is 215 g/mol. The molecule has 0 aliphatic carbocycles. The third-order valence-electron chi connectivity index (χ3n) is 1.76. The van der Waals surface area contributed by atoms with Gasteiger partial charge in [-0.2, -0.15) is 16.7 Å². The van der Waals surface area contributed by atoms with E-state index in [-0.39, 0.29) is 6.04 Å². The number of rotatable bonds is 6. The number of aromatic nitrogens is 2. The maximum Gasteiger partial charge on any atom is 0.226 e. The summed E-state index contributed by atoms with van der Waals surface area (Å²) in [6.07, 6.45) is 1.67. The normalized spacial score (nSPS) is 13.1. The van der Waals surface area contributed by atoms with E-state index >= 15 is 0 Å². The van der Waals surface area contributed by atoms with Gasteiger partial charge in [0.2, 0.25) is 5.89 Å². The highest BCUT2D eigenvalue weighted by atomic mass is 32.2. The van der Waals surface area contributed by atoms with Crippen molar-refractivity contribution in [3.8, 4) is 0 Å². The van der Waals surface area contributed by atoms with Crippen molar-refractivity contribution in [3.05, 3.63) is 11.7 Å². The lowest BCUT2D eigenvalue weighted by Crippen LogP contribution is -2.15. The van der Waals surface area contributed by atoms with E-state index in [2.05, 4.69) is 17.1 Å². The number of hydrogen-bond acceptors (Lipinski definition) is 5. The van der Waals surface area contributed by atoms with Crippen LogP contribution in [-0.4, -0.2) is 21.9 Å². The Bertz CT molecular complexity index is 262. The molecule has 0 saturated heterocycles. The molecule has 0 bridgehead atoms. The summed E-state index contributed by atoms with van der Waals surface area (Å²) in [6, 6.07) is 0.190. The van der Waals surface area contributed by atoms with Crippen molar-refractivity contribution in [2.45, 2.75) is 38.5 Å². The molecule has 80 valence electrons. The second kappa shape index (κ2) is 6.03. The lowest BCUT2D eigenvalue weighted by atomic mass is 10.2. The van der Waals surface area contributed by atoms with Gasteiger partial charge in [-0.15, -0.1) is 0 Å². The minimum Gasteiger partial charge on any atom is -0.339 e. The molecule has 1 rings (SSSR count). The number of nitrogens with two attached hydrogens (primary N) is 1. The van der Waals surface area contributed by atoms with Crippen LogP contribution in [0.3, 0.4) is 0 Å². The maximum absolute atomic E-state index is 5.63. The molecule has 14 heavy (non-hydrogen) atoms. The minimum atomic E-state index is 0.190. The first kappa shape index (κ1) is 11.5. The molecule has 1 atom stereocenters. The first-order valence-corrected chi connectivity index (χ1v) is 6.02. The molecule has 0 aromatic carbocycles. The van der Waals surface area contributed by atoms with E-state index in [0.717, 1.165) is 30.2 Å². The summed E-state index contributed by atoms with van der Waals surface area (Å²) >= 11 is 1.79. The van der Waals surface area contributed by atoms with E-state index in [0.29, 0.717) is 5.89 Å². The second-order valence-corrected chi connectivity index (χ2v) is 4.53. The van der Waals surface area contributed by atoms with Gasteiger partial charge in [0.15, 0.2) is 5.82 Å². The molecule has 5 heteroatoms. The van der Waals surface area contributed by atoms with Gasteiger partial charge >= 0.3 is 0 Å². The summed E-state index contributed by atoms with van der Waals surface area (Å²) in [5, 5.41) is 3.88. The third kappa shape index (κ3) is 4.11. The van der Waals surface area contributed by atoms with Crippen molar-refractivity contribution in [1.29, 1.82) is 0 Å². The molecule has 0 fully saturated rings. The number of hydrogen-bond donors (Lipinski definition) is 1. The molecular weight excluding hydrogens is 198 g/mol. The predicted octanol–water partition coefficient (Wildman–Crippen LogP) is 1.60. The van der Waals surface area contributed by atoms with Gasteiger partial charge in [-0.05, 0) is 19.1 Å². The highest BCUT2D eigenvalue weighted by Gasteiger charge is 2.06. The van der Waals surface area contributed by atoms with Crippen molar-refractivity contribution in [2.75, 3.05) is 5.75 Å². The summed E-state index contributed by atoms with van der Waals surface area (Å²) in [4.78, 5) is 4.27. The highest BCUT2D eigenvalue weighted by molar-refractivity contribution is 7.98. The van der Waals surface area contributed by atoms with E-state index in [1.165, 1.54) is 0 Å². The Morgan fingerprint density at radius 3 is 3.00 bits per heavy atom. The molecule has 0 amide bonds. The van der Waals surface area contributed by atoms with E-state index in [1.54, 1.807) is 11.8 Å². The van der Waals surface area contributed by atoms with E-state index in [1.807, 2.05) is 6.92 Å². The van der Waals surface area contributed by atoms with Crippen molar-refractivity contribution in [3.63, 3.8) is 0 Å². The SMILES string of the molecule is CCSCc1noc(CCC(C)N)n1. The molecular formula is C9H17N3OS. The van der Waals surface area contributed by atoms with E-state index in [9.17, 15) is 0 Å². The summed E-state index contributed by atoms with van der Waals surface area (Å²) in [6.45, 7) is 4.09. The van der Waals surface area contributed by atoms with Crippen LogP contribution < -0.4 is 5.73 Å². The van der Waals surface area contributed by atoms with Crippen molar-refractivity contribution >= 4 is 11.8 Å². The van der Waals surface area contributed by atoms with Crippen LogP contribution in [0.15, 0.2) is 4.52 Å². The summed E-state index contributed by atoms with van der Waals surface area (Å²) < 4.78 is 5.08. The average Bonchev–Trinajstić information content (AvgIpc) is 2.59. The molecule has 1 aromatic heterocycles. The molecule has 0 radical (unpaired) electrons. The van der Waals surface area contributed by atoms with Crippen LogP contribution in [0.25, 0.3) is 0 Å². The van der Waals surface area contributed by atoms with Crippen LogP contribution in [0.5, 0.6) is 0 Å². The molecule has 1 heterocycles. The van der Waals surface area contributed by atoms with Crippen LogP contribution in [0.2, 0.25) is 0 Å². The van der Waals surface area contributed by atoms with Crippen molar-refractivity contribution in [2.24, 2.45) is 5.73 Å². The Morgan fingerprint density at radius 2 is 2.36 bits per heavy atom. The maximum atomic E-state index is 5.63. The Kier molecular flexibility index (Phi) is 4.97. The Morgan fingerprint density at radius 1 is 1.57 bits per heavy atom. The fourth-order valence-corrected chi connectivity index (χ4v) is 1.50. The van der Waals surface area contributed by atoms with Gasteiger partial charge in [-0.25, -0.2) is 0 Å². The zero-order chi connectivity index (χ0) is 10.4. The van der Waals surface area contributed by atoms with Crippen LogP contribution in [-0.2, 0) is 12.2 Å². The first-order chi connectivity index (χ1) is 6.72. The van der Waals surface area contributed by atoms with Crippen LogP contribution >= 0.6 is 11.8 Å². The first-order valence-electron chi connectivity index (χ1n) is 4.87. The van der Waals surface area contributed by atoms with E-state index < -0.39 is 0 Å². The molecule has 1 aromatic rings. The predicted molar refractivity (Wildman–Crippen MR) is 58.1 cm³/mol. The van der Waals surface area contributed by atoms with Gasteiger partial charge in [0.05, 0.1) is 5.75 Å². The molecule has 0 saturated carbocycles. The third-order valence-corrected chi connectivity index (χ3v) is 2.63. The zero-order valence-electron chi connectivity index (χ0n) is 8.69. The summed E-state index contributed by atoms with van der Waals surface area (Å²) in [5.41, 5.74) is 5.63. The quantitative estimate of drug-likeness (QED) is 0.781. The van der Waals surface area contributed by atoms with Crippen molar-refractivity contribution in [1.82, 2.24) is 10.1 Å². The largest absolute Gasteiger partial charge is 0.339 e. The Labute approximate surface area is 88.6 Å². The number of aryl methyl sites for hydroxylation is 1. The Hall–Kier alpha value is -0.550. The summed E-state index contributed by atoms with van der Waals surface area (Å²) in [7, 11) is 0. The smallest absolute Gasteiger partial charge is 0.226 e. The van der Waals surface area contributed by atoms with Crippen molar-refractivity contribution < 1.29 is 4.52 Å². The molecule has 1 unspecified atom stereocenters. The number of thioether (sulfide) groups is 1. The van der Waals surface area contributed by atoms with Gasteiger partial charge in [-0.3, -0.25) is 0 Å². The lowest BCUT2D eigenvalue weighted by Gasteiger charge is -1.99. The van der Waals surface area contributed by atoms with Gasteiger partial charge in [0, 0.05) is 12.5 Å². The standard InChI is InChI=1S/C9H17N3OS/c1-3-14-6-8-11-9(13-12-8)5-4-7(2)10/h7H,3-6,10H2,1-2H3. The van der Waals surface area contributed by atoms with Gasteiger partial charge in [0.1, 0.15) is 0 Å². The van der Waals surface area contributed by atoms with Gasteiger partial charge in [-0.1, -0.05) is 12.1 Å². The van der Waals surface area contributed by atoms with Gasteiger partial charge in [0.25, 0.3) is 0 Å². The highest BCUT2D eigenvalue weighted by Crippen LogP contribution is 2.09. The zero-order valence-corrected chi connectivity index (χ0v) is 9.51. The molecule has 0 aliphatic rings. The minimum absolute atomic E-state index is 0.190. The fourth-order valence-electron chi connectivity index (χ4n) is 0.995. The van der Waals surface area contributed by atoms with Crippen LogP contribution in [0, 0.1) is 0 Å².